The van der Waals surface area contributed by atoms with Gasteiger partial charge in [0.25, 0.3) is 11.1 Å². The van der Waals surface area contributed by atoms with Gasteiger partial charge in [-0.15, -0.1) is 0 Å². The number of aliphatic hydroxyl groups is 1. The van der Waals surface area contributed by atoms with E-state index in [1.165, 1.54) is 19.0 Å². The predicted molar refractivity (Wildman–Crippen MR) is 399 cm³/mol. The average molecular weight is 1830 g/mol. The minimum absolute atomic E-state index is 0. The van der Waals surface area contributed by atoms with Crippen molar-refractivity contribution < 1.29 is 108 Å². The fraction of sp³-hybridized carbons (Fsp3) is 0.250. The third-order valence-electron chi connectivity index (χ3n) is 9.65. The summed E-state index contributed by atoms with van der Waals surface area (Å²) < 4.78 is 30.2. The number of aliphatic hydroxyl groups excluding tert-OH is 1. The summed E-state index contributed by atoms with van der Waals surface area (Å²) in [6.07, 6.45) is 8.15. The molecule has 546 valence electrons. The molecule has 25 nitrogen and oxygen atoms in total. The number of nitrogens with one attached hydrogen (secondary N) is 3. The molecule has 1 fully saturated rings. The number of H-pyrrole nitrogens is 2. The zero-order valence-electron chi connectivity index (χ0n) is 49.4. The average Bonchev–Trinajstić information content (AvgIpc) is 0.889. The summed E-state index contributed by atoms with van der Waals surface area (Å²) in [6.45, 7) is 7.63. The maximum absolute atomic E-state index is 11.3. The second-order valence-corrected chi connectivity index (χ2v) is 28.7. The van der Waals surface area contributed by atoms with Crippen LogP contribution in [0.2, 0.25) is 55.6 Å². The quantitative estimate of drug-likeness (QED) is 0.0153. The molecule has 5 aromatic heterocycles. The Hall–Kier alpha value is -3.53. The van der Waals surface area contributed by atoms with Crippen molar-refractivity contribution in [2.45, 2.75) is 55.9 Å². The number of nitrogen functional groups attached to an aromatic ring is 1. The van der Waals surface area contributed by atoms with Crippen LogP contribution in [0.15, 0.2) is 92.0 Å². The number of ether oxygens (including phenoxy) is 4. The number of carbonyl (C=O) groups is 5. The molecule has 0 spiro atoms. The fourth-order valence-corrected chi connectivity index (χ4v) is 8.58. The number of aromatic amines is 2. The Morgan fingerprint density at radius 2 is 0.970 bits per heavy atom. The van der Waals surface area contributed by atoms with Gasteiger partial charge in [-0.2, -0.15) is 0 Å². The number of hydrogen-bond donors (Lipinski definition) is 9. The molecule has 6 heterocycles. The van der Waals surface area contributed by atoms with Crippen molar-refractivity contribution >= 4 is 245 Å². The third kappa shape index (κ3) is 40.4. The van der Waals surface area contributed by atoms with Crippen LogP contribution >= 0.6 is 198 Å². The van der Waals surface area contributed by atoms with Crippen LogP contribution in [0.3, 0.4) is 0 Å². The molecule has 7 aromatic rings. The summed E-state index contributed by atoms with van der Waals surface area (Å²) in [5, 5.41) is 43.5. The smallest absolute Gasteiger partial charge is 0.870 e. The van der Waals surface area contributed by atoms with Crippen LogP contribution in [0.1, 0.15) is 108 Å². The molecule has 0 radical (unpaired) electrons. The number of carboxylic acid groups (broad SMARTS) is 2. The molecule has 1 saturated heterocycles. The first-order valence-electron chi connectivity index (χ1n) is 24.9. The van der Waals surface area contributed by atoms with E-state index in [9.17, 15) is 43.2 Å². The number of anilines is 3. The Labute approximate surface area is 676 Å². The van der Waals surface area contributed by atoms with E-state index in [2.05, 4.69) is 105 Å². The fourth-order valence-electron chi connectivity index (χ4n) is 5.57. The molecule has 0 saturated carbocycles. The SMILES string of the molecule is C.C.C.C1CCOC1.CCOC(=O)c1c[nH]c(=O)c(Cl)c1O.CCOC(=O)c1c[nH]c(=O)cc1O.CCOC(=O)c1cnc(Cl)c(Cl)c1Cl.CO.Nc1ccc(Br)cc1Cl.O=C(O)c1cnc(Cl)c(Cl)c1Cl.O=C(O)c1cnc(Cl)c(Cl)c1Nc1ccc(Br)cc1Cl.O=P(Cl)(Cl)Cl.[Na+].[OH-]. The molecule has 2 aromatic carbocycles. The number of esters is 3. The molecule has 1 aliphatic heterocycles. The first-order chi connectivity index (χ1) is 43.9. The number of pyridine rings is 5. The van der Waals surface area contributed by atoms with E-state index in [0.717, 1.165) is 60.1 Å². The number of aromatic carboxylic acids is 2. The Morgan fingerprint density at radius 3 is 1.36 bits per heavy atom. The standard InChI is InChI=1S/C12H6BrCl3N2O2.C8H6Cl3NO2.C8H8ClNO4.C8H9NO4.C6H5BrClN.C6H2Cl3NO2.C4H8O.CH4O.3CH4.Cl3OP.Na.H2O/c13-5-1-2-8(7(14)3-5)18-10-6(12(19)20)4-17-11(16)9(10)15;1-2-14-8(13)4-3-12-7(11)6(10)5(4)9;1-2-14-8(13)4-3-10-7(12)5(9)6(4)11;1-2-13-8(12)5-4-9-7(11)3-6(5)10;7-4-1-2-6(9)5(8)3-4;7-3-2(6(11)12)1-10-5(9)4(3)8;1-2-4-5-3-1;1-2;;;;1-5(2,3)4;;/h1-4H,(H,17,18)(H,19,20);3H,2H2,1H3;3H,2H2,1H3,(H2,10,11,12);3-4H,2H2,1H3,(H2,9,10,11);1-3H,9H2;1H,(H,11,12);1-4H2;2H,1H3;3*1H4;;;1H2/q;;;;;;;;;;;;+1;/p-1. The number of hydrogen-bond acceptors (Lipinski definition) is 21. The molecule has 8 rings (SSSR count). The molecule has 1 aliphatic rings. The topological polar surface area (TPSA) is 413 Å². The van der Waals surface area contributed by atoms with E-state index in [0.29, 0.717) is 21.4 Å². The maximum atomic E-state index is 11.3. The van der Waals surface area contributed by atoms with Gasteiger partial charge < -0.3 is 71.0 Å². The van der Waals surface area contributed by atoms with Crippen molar-refractivity contribution in [1.82, 2.24) is 24.9 Å². The summed E-state index contributed by atoms with van der Waals surface area (Å²) in [5.74, 6) is -5.25. The van der Waals surface area contributed by atoms with E-state index in [1.807, 2.05) is 6.07 Å². The normalized spacial score (nSPS) is 10.1. The summed E-state index contributed by atoms with van der Waals surface area (Å²) >= 11 is 83.0. The van der Waals surface area contributed by atoms with Gasteiger partial charge in [-0.05, 0) is 104 Å². The van der Waals surface area contributed by atoms with E-state index >= 15 is 0 Å². The molecular weight excluding hydrogens is 1770 g/mol. The monoisotopic (exact) mass is 1820 g/mol. The number of benzene rings is 2. The van der Waals surface area contributed by atoms with Crippen LogP contribution in [0.5, 0.6) is 11.5 Å². The number of nitrogens with zero attached hydrogens (tertiary/aromatic N) is 3. The van der Waals surface area contributed by atoms with Gasteiger partial charge in [0.2, 0.25) is 0 Å². The van der Waals surface area contributed by atoms with Gasteiger partial charge in [0.15, 0.2) is 5.75 Å². The molecule has 0 atom stereocenters. The van der Waals surface area contributed by atoms with Gasteiger partial charge in [0.1, 0.15) is 47.9 Å². The van der Waals surface area contributed by atoms with E-state index in [1.54, 1.807) is 51.1 Å². The Bertz CT molecular complexity index is 3880. The number of carbonyl (C=O) groups excluding carboxylic acids is 3. The molecular formula is C56H61Br2Cl14N7NaO18P. The molecule has 0 unspecified atom stereocenters. The zero-order chi connectivity index (χ0) is 72.3. The number of rotatable bonds is 10. The largest absolute Gasteiger partial charge is 1.00 e. The first-order valence-corrected chi connectivity index (χ1v) is 35.1. The van der Waals surface area contributed by atoms with Gasteiger partial charge >= 0.3 is 64.6 Å². The number of aromatic hydroxyl groups is 2. The van der Waals surface area contributed by atoms with Crippen molar-refractivity contribution in [2.24, 2.45) is 0 Å². The molecule has 0 aliphatic carbocycles. The van der Waals surface area contributed by atoms with Gasteiger partial charge in [-0.1, -0.05) is 182 Å². The first kappa shape index (κ1) is 106. The van der Waals surface area contributed by atoms with E-state index < -0.39 is 56.9 Å². The molecule has 11 N–H and O–H groups in total. The van der Waals surface area contributed by atoms with Gasteiger partial charge in [-0.3, -0.25) is 14.2 Å². The third-order valence-corrected chi connectivity index (χ3v) is 14.9. The van der Waals surface area contributed by atoms with Crippen LogP contribution in [0.4, 0.5) is 17.1 Å². The number of nitrogens with two attached hydrogens (primary N) is 1. The van der Waals surface area contributed by atoms with Crippen molar-refractivity contribution in [1.29, 1.82) is 0 Å². The Morgan fingerprint density at radius 1 is 0.586 bits per heavy atom. The summed E-state index contributed by atoms with van der Waals surface area (Å²) in [5.41, 5.74) is 5.23. The minimum Gasteiger partial charge on any atom is -0.870 e. The van der Waals surface area contributed by atoms with Gasteiger partial charge in [0, 0.05) is 66.3 Å². The van der Waals surface area contributed by atoms with Crippen LogP contribution in [-0.2, 0) is 23.5 Å². The predicted octanol–water partition coefficient (Wildman–Crippen LogP) is 17.0. The van der Waals surface area contributed by atoms with Gasteiger partial charge in [-0.25, -0.2) is 38.9 Å². The van der Waals surface area contributed by atoms with E-state index in [4.69, 9.17) is 163 Å². The van der Waals surface area contributed by atoms with Crippen molar-refractivity contribution in [2.75, 3.05) is 51.2 Å². The van der Waals surface area contributed by atoms with Gasteiger partial charge in [0.05, 0.1) is 78.1 Å². The van der Waals surface area contributed by atoms with Crippen molar-refractivity contribution in [3.8, 4) is 11.5 Å². The van der Waals surface area contributed by atoms with Crippen LogP contribution in [-0.4, -0.2) is 126 Å². The summed E-state index contributed by atoms with van der Waals surface area (Å²) in [7, 11) is 1.00. The Kier molecular flexibility index (Phi) is 60.1. The second kappa shape index (κ2) is 55.9. The minimum atomic E-state index is -3.22. The maximum Gasteiger partial charge on any atom is 1.00 e. The van der Waals surface area contributed by atoms with E-state index in [-0.39, 0.29) is 157 Å². The summed E-state index contributed by atoms with van der Waals surface area (Å²) in [4.78, 5) is 92.1. The van der Waals surface area contributed by atoms with Crippen molar-refractivity contribution in [3.05, 3.63) is 187 Å². The zero-order valence-corrected chi connectivity index (χ0v) is 66.0. The second-order valence-electron chi connectivity index (χ2n) is 16.0. The molecule has 43 heteroatoms. The Balaban J connectivity index is -0.000000254. The molecule has 99 heavy (non-hydrogen) atoms. The van der Waals surface area contributed by atoms with Crippen molar-refractivity contribution in [3.63, 3.8) is 0 Å². The number of aromatic nitrogens is 5. The van der Waals surface area contributed by atoms with Crippen LogP contribution < -0.4 is 51.7 Å². The number of carboxylic acids is 2. The molecule has 0 amide bonds. The van der Waals surface area contributed by atoms with Crippen LogP contribution in [0.25, 0.3) is 0 Å². The summed E-state index contributed by atoms with van der Waals surface area (Å²) in [6, 6.07) is 11.4. The van der Waals surface area contributed by atoms with Crippen LogP contribution in [0, 0.1) is 0 Å². The molecule has 0 bridgehead atoms. The number of halogens is 16.